The number of nitrogens with one attached hydrogen (secondary N) is 2. The molecule has 0 spiro atoms. The third-order valence-corrected chi connectivity index (χ3v) is 6.47. The average Bonchev–Trinajstić information content (AvgIpc) is 3.17. The molecular weight excluding hydrogens is 368 g/mol. The quantitative estimate of drug-likeness (QED) is 0.758. The second kappa shape index (κ2) is 9.19. The average molecular weight is 401 g/mol. The molecule has 1 aliphatic heterocycles. The zero-order chi connectivity index (χ0) is 20.2. The first-order valence-corrected chi connectivity index (χ1v) is 10.6. The summed E-state index contributed by atoms with van der Waals surface area (Å²) in [6, 6.07) is 0.752. The first kappa shape index (κ1) is 20.3. The molecule has 3 heterocycles. The lowest BCUT2D eigenvalue weighted by Gasteiger charge is -2.39. The third kappa shape index (κ3) is 4.76. The Labute approximate surface area is 172 Å². The van der Waals surface area contributed by atoms with Crippen LogP contribution in [0, 0.1) is 5.92 Å². The highest BCUT2D eigenvalue weighted by atomic mass is 16.5. The van der Waals surface area contributed by atoms with Crippen molar-refractivity contribution in [2.45, 2.75) is 56.8 Å². The number of methoxy groups -OCH3 is 1. The fourth-order valence-electron chi connectivity index (χ4n) is 4.66. The summed E-state index contributed by atoms with van der Waals surface area (Å²) in [7, 11) is 3.96. The van der Waals surface area contributed by atoms with Crippen LogP contribution in [0.3, 0.4) is 0 Å². The molecule has 0 aromatic carbocycles. The van der Waals surface area contributed by atoms with Gasteiger partial charge in [-0.2, -0.15) is 0 Å². The molecule has 29 heavy (non-hydrogen) atoms. The third-order valence-electron chi connectivity index (χ3n) is 6.47. The minimum Gasteiger partial charge on any atom is -0.380 e. The summed E-state index contributed by atoms with van der Waals surface area (Å²) >= 11 is 0. The van der Waals surface area contributed by atoms with Crippen molar-refractivity contribution in [1.82, 2.24) is 29.9 Å². The van der Waals surface area contributed by atoms with Gasteiger partial charge in [-0.05, 0) is 52.2 Å². The zero-order valence-electron chi connectivity index (χ0n) is 17.4. The largest absolute Gasteiger partial charge is 0.380 e. The van der Waals surface area contributed by atoms with E-state index < -0.39 is 0 Å². The molecule has 4 rings (SSSR count). The number of aromatic nitrogens is 3. The Bertz CT molecular complexity index is 816. The normalized spacial score (nSPS) is 26.6. The summed E-state index contributed by atoms with van der Waals surface area (Å²) in [5.74, 6) is 0.143. The minimum atomic E-state index is 0.0195. The Morgan fingerprint density at radius 1 is 1.24 bits per heavy atom. The Balaban J connectivity index is 1.33. The summed E-state index contributed by atoms with van der Waals surface area (Å²) in [5.41, 5.74) is 1.75. The lowest BCUT2D eigenvalue weighted by atomic mass is 9.82. The van der Waals surface area contributed by atoms with Crippen molar-refractivity contribution in [3.05, 3.63) is 30.5 Å². The SMILES string of the molecule is CO[C@@H]1CC[C@H](C(=O)NCc2cnc3cnccn23)C[C@H]1NC1CCN(C)CC1. The number of ether oxygens (including phenoxy) is 1. The Morgan fingerprint density at radius 2 is 2.07 bits per heavy atom. The standard InChI is InChI=1S/C21H32N6O2/c1-26-8-5-16(6-9-26)25-18-11-15(3-4-19(18)29-2)21(28)24-13-17-12-23-20-14-22-7-10-27(17)20/h7,10,12,14-16,18-19,25H,3-6,8-9,11,13H2,1-2H3,(H,24,28)/t15-,18+,19+/m0/s1. The van der Waals surface area contributed by atoms with Crippen LogP contribution in [0.25, 0.3) is 5.65 Å². The van der Waals surface area contributed by atoms with Gasteiger partial charge in [0.25, 0.3) is 0 Å². The predicted octanol–water partition coefficient (Wildman–Crippen LogP) is 1.21. The number of fused-ring (bicyclic) bond motifs is 1. The molecule has 8 nitrogen and oxygen atoms in total. The van der Waals surface area contributed by atoms with Gasteiger partial charge < -0.3 is 20.3 Å². The van der Waals surface area contributed by atoms with Crippen molar-refractivity contribution in [2.75, 3.05) is 27.2 Å². The van der Waals surface area contributed by atoms with Crippen molar-refractivity contribution in [1.29, 1.82) is 0 Å². The van der Waals surface area contributed by atoms with E-state index in [0.29, 0.717) is 12.6 Å². The number of likely N-dealkylation sites (tertiary alicyclic amines) is 1. The van der Waals surface area contributed by atoms with Gasteiger partial charge in [0.2, 0.25) is 5.91 Å². The Hall–Kier alpha value is -2.03. The number of nitrogens with zero attached hydrogens (tertiary/aromatic N) is 4. The fraction of sp³-hybridized carbons (Fsp3) is 0.667. The second-order valence-corrected chi connectivity index (χ2v) is 8.41. The highest BCUT2D eigenvalue weighted by Gasteiger charge is 2.35. The van der Waals surface area contributed by atoms with Crippen molar-refractivity contribution in [3.8, 4) is 0 Å². The van der Waals surface area contributed by atoms with E-state index in [9.17, 15) is 4.79 Å². The number of piperidine rings is 1. The second-order valence-electron chi connectivity index (χ2n) is 8.41. The molecule has 0 unspecified atom stereocenters. The fourth-order valence-corrected chi connectivity index (χ4v) is 4.66. The van der Waals surface area contributed by atoms with Crippen LogP contribution in [0.2, 0.25) is 0 Å². The topological polar surface area (TPSA) is 83.8 Å². The first-order valence-electron chi connectivity index (χ1n) is 10.6. The number of carbonyl (C=O) groups is 1. The van der Waals surface area contributed by atoms with Crippen LogP contribution in [0.15, 0.2) is 24.8 Å². The van der Waals surface area contributed by atoms with Gasteiger partial charge in [-0.3, -0.25) is 14.2 Å². The summed E-state index contributed by atoms with van der Waals surface area (Å²) in [6.07, 6.45) is 12.2. The molecule has 3 atom stereocenters. The predicted molar refractivity (Wildman–Crippen MR) is 110 cm³/mol. The summed E-state index contributed by atoms with van der Waals surface area (Å²) in [4.78, 5) is 23.7. The van der Waals surface area contributed by atoms with E-state index in [-0.39, 0.29) is 24.0 Å². The van der Waals surface area contributed by atoms with E-state index in [1.54, 1.807) is 25.7 Å². The molecule has 1 saturated carbocycles. The van der Waals surface area contributed by atoms with E-state index in [1.165, 1.54) is 0 Å². The van der Waals surface area contributed by atoms with E-state index in [1.807, 2.05) is 10.6 Å². The minimum absolute atomic E-state index is 0.0195. The number of amides is 1. The van der Waals surface area contributed by atoms with E-state index >= 15 is 0 Å². The van der Waals surface area contributed by atoms with Gasteiger partial charge >= 0.3 is 0 Å². The monoisotopic (exact) mass is 400 g/mol. The van der Waals surface area contributed by atoms with E-state index in [2.05, 4.69) is 32.5 Å². The van der Waals surface area contributed by atoms with Gasteiger partial charge in [0.15, 0.2) is 5.65 Å². The molecule has 1 aliphatic carbocycles. The van der Waals surface area contributed by atoms with Gasteiger partial charge in [-0.25, -0.2) is 4.98 Å². The van der Waals surface area contributed by atoms with Gasteiger partial charge in [-0.1, -0.05) is 0 Å². The molecule has 1 amide bonds. The first-order chi connectivity index (χ1) is 14.1. The highest BCUT2D eigenvalue weighted by Crippen LogP contribution is 2.28. The molecule has 158 valence electrons. The van der Waals surface area contributed by atoms with Gasteiger partial charge in [-0.15, -0.1) is 0 Å². The molecule has 2 N–H and O–H groups in total. The number of rotatable bonds is 6. The van der Waals surface area contributed by atoms with E-state index in [4.69, 9.17) is 4.74 Å². The van der Waals surface area contributed by atoms with Gasteiger partial charge in [0.05, 0.1) is 30.7 Å². The molecule has 0 radical (unpaired) electrons. The molecule has 2 aromatic rings. The maximum absolute atomic E-state index is 12.9. The van der Waals surface area contributed by atoms with Crippen LogP contribution in [-0.2, 0) is 16.1 Å². The molecule has 1 saturated heterocycles. The van der Waals surface area contributed by atoms with Crippen LogP contribution in [0.4, 0.5) is 0 Å². The van der Waals surface area contributed by atoms with Crippen molar-refractivity contribution in [2.24, 2.45) is 5.92 Å². The summed E-state index contributed by atoms with van der Waals surface area (Å²) in [5, 5.41) is 6.92. The van der Waals surface area contributed by atoms with Crippen LogP contribution in [0.1, 0.15) is 37.8 Å². The molecule has 2 aliphatic rings. The van der Waals surface area contributed by atoms with Gasteiger partial charge in [0, 0.05) is 37.5 Å². The van der Waals surface area contributed by atoms with E-state index in [0.717, 1.165) is 56.5 Å². The molecule has 2 aromatic heterocycles. The van der Waals surface area contributed by atoms with Crippen LogP contribution < -0.4 is 10.6 Å². The van der Waals surface area contributed by atoms with Gasteiger partial charge in [0.1, 0.15) is 0 Å². The summed E-state index contributed by atoms with van der Waals surface area (Å²) < 4.78 is 7.70. The number of hydrogen-bond acceptors (Lipinski definition) is 6. The Morgan fingerprint density at radius 3 is 2.86 bits per heavy atom. The maximum atomic E-state index is 12.9. The molecule has 8 heteroatoms. The van der Waals surface area contributed by atoms with Crippen LogP contribution in [0.5, 0.6) is 0 Å². The van der Waals surface area contributed by atoms with Crippen LogP contribution in [-0.4, -0.2) is 70.6 Å². The molecule has 0 bridgehead atoms. The number of carbonyl (C=O) groups excluding carboxylic acids is 1. The van der Waals surface area contributed by atoms with Crippen molar-refractivity contribution >= 4 is 11.6 Å². The zero-order valence-corrected chi connectivity index (χ0v) is 17.4. The lowest BCUT2D eigenvalue weighted by Crippen LogP contribution is -2.53. The summed E-state index contributed by atoms with van der Waals surface area (Å²) in [6.45, 7) is 2.73. The molecular formula is C21H32N6O2. The number of imidazole rings is 1. The molecule has 2 fully saturated rings. The number of hydrogen-bond donors (Lipinski definition) is 2. The Kier molecular flexibility index (Phi) is 6.42. The lowest BCUT2D eigenvalue weighted by molar-refractivity contribution is -0.127. The maximum Gasteiger partial charge on any atom is 0.223 e. The van der Waals surface area contributed by atoms with Crippen LogP contribution >= 0.6 is 0 Å². The van der Waals surface area contributed by atoms with Crippen molar-refractivity contribution < 1.29 is 9.53 Å². The smallest absolute Gasteiger partial charge is 0.223 e. The van der Waals surface area contributed by atoms with Crippen molar-refractivity contribution in [3.63, 3.8) is 0 Å². The highest BCUT2D eigenvalue weighted by molar-refractivity contribution is 5.78.